The molecule has 0 saturated carbocycles. The summed E-state index contributed by atoms with van der Waals surface area (Å²) in [5, 5.41) is 0. The molecule has 0 aromatic heterocycles. The number of nitrogens with one attached hydrogen (secondary N) is 1. The van der Waals surface area contributed by atoms with E-state index in [4.69, 9.17) is 18.0 Å². The maximum Gasteiger partial charge on any atom is 0.241 e. The fourth-order valence-corrected chi connectivity index (χ4v) is 3.91. The molecule has 0 radical (unpaired) electrons. The highest BCUT2D eigenvalue weighted by molar-refractivity contribution is 7.89. The van der Waals surface area contributed by atoms with Crippen LogP contribution in [0.15, 0.2) is 23.1 Å². The quantitative estimate of drug-likeness (QED) is 0.756. The van der Waals surface area contributed by atoms with Gasteiger partial charge in [0.15, 0.2) is 0 Å². The smallest absolute Gasteiger partial charge is 0.241 e. The second kappa shape index (κ2) is 6.78. The molecule has 5 nitrogen and oxygen atoms in total. The Morgan fingerprint density at radius 3 is 2.67 bits per heavy atom. The molecule has 0 amide bonds. The number of benzene rings is 1. The molecular formula is C13H18FN3O2S2. The molecule has 0 atom stereocenters. The molecule has 1 aliphatic rings. The van der Waals surface area contributed by atoms with Gasteiger partial charge in [0.1, 0.15) is 10.8 Å². The highest BCUT2D eigenvalue weighted by Crippen LogP contribution is 2.18. The molecule has 8 heteroatoms. The average Bonchev–Trinajstić information content (AvgIpc) is 2.91. The Kier molecular flexibility index (Phi) is 5.26. The van der Waals surface area contributed by atoms with E-state index in [1.165, 1.54) is 12.1 Å². The third-order valence-corrected chi connectivity index (χ3v) is 5.14. The van der Waals surface area contributed by atoms with Crippen molar-refractivity contribution in [2.45, 2.75) is 17.7 Å². The van der Waals surface area contributed by atoms with Gasteiger partial charge in [-0.3, -0.25) is 0 Å². The van der Waals surface area contributed by atoms with Gasteiger partial charge >= 0.3 is 0 Å². The van der Waals surface area contributed by atoms with Gasteiger partial charge in [-0.25, -0.2) is 17.5 Å². The first kappa shape index (κ1) is 16.3. The van der Waals surface area contributed by atoms with Gasteiger partial charge < -0.3 is 10.6 Å². The predicted octanol–water partition coefficient (Wildman–Crippen LogP) is 0.834. The number of sulfonamides is 1. The van der Waals surface area contributed by atoms with Crippen molar-refractivity contribution in [3.63, 3.8) is 0 Å². The lowest BCUT2D eigenvalue weighted by atomic mass is 10.2. The normalized spacial score (nSPS) is 16.2. The lowest BCUT2D eigenvalue weighted by Gasteiger charge is -2.16. The summed E-state index contributed by atoms with van der Waals surface area (Å²) in [6, 6.07) is 3.76. The van der Waals surface area contributed by atoms with Crippen LogP contribution in [0.5, 0.6) is 0 Å². The zero-order valence-electron chi connectivity index (χ0n) is 11.5. The highest BCUT2D eigenvalue weighted by atomic mass is 32.2. The van der Waals surface area contributed by atoms with Gasteiger partial charge in [0, 0.05) is 13.1 Å². The zero-order valence-corrected chi connectivity index (χ0v) is 13.1. The zero-order chi connectivity index (χ0) is 15.5. The maximum atomic E-state index is 13.7. The van der Waals surface area contributed by atoms with E-state index in [-0.39, 0.29) is 22.0 Å². The molecule has 3 N–H and O–H groups in total. The number of nitrogens with zero attached hydrogens (tertiary/aromatic N) is 1. The van der Waals surface area contributed by atoms with Crippen LogP contribution in [0.2, 0.25) is 0 Å². The Hall–Kier alpha value is -1.09. The lowest BCUT2D eigenvalue weighted by Crippen LogP contribution is -2.34. The lowest BCUT2D eigenvalue weighted by molar-refractivity contribution is 0.344. The van der Waals surface area contributed by atoms with E-state index in [1.54, 1.807) is 0 Å². The minimum Gasteiger partial charge on any atom is -0.389 e. The van der Waals surface area contributed by atoms with E-state index in [9.17, 15) is 12.8 Å². The van der Waals surface area contributed by atoms with Crippen LogP contribution in [0.3, 0.4) is 0 Å². The minimum atomic E-state index is -3.83. The molecule has 1 fully saturated rings. The van der Waals surface area contributed by atoms with E-state index in [0.717, 1.165) is 32.0 Å². The van der Waals surface area contributed by atoms with E-state index < -0.39 is 15.8 Å². The number of hydrogen-bond donors (Lipinski definition) is 2. The van der Waals surface area contributed by atoms with E-state index in [0.29, 0.717) is 6.54 Å². The number of rotatable bonds is 6. The molecule has 1 saturated heterocycles. The predicted molar refractivity (Wildman–Crippen MR) is 83.1 cm³/mol. The van der Waals surface area contributed by atoms with E-state index in [2.05, 4.69) is 9.62 Å². The Morgan fingerprint density at radius 2 is 2.05 bits per heavy atom. The van der Waals surface area contributed by atoms with Crippen molar-refractivity contribution < 1.29 is 12.8 Å². The molecule has 1 aliphatic heterocycles. The topological polar surface area (TPSA) is 75.4 Å². The number of thiocarbonyl (C=S) groups is 1. The fourth-order valence-electron chi connectivity index (χ4n) is 2.39. The second-order valence-corrected chi connectivity index (χ2v) is 7.10. The van der Waals surface area contributed by atoms with Gasteiger partial charge in [0.05, 0.1) is 10.5 Å². The van der Waals surface area contributed by atoms with Gasteiger partial charge in [-0.1, -0.05) is 18.3 Å². The largest absolute Gasteiger partial charge is 0.389 e. The number of likely N-dealkylation sites (tertiary alicyclic amines) is 1. The van der Waals surface area contributed by atoms with E-state index in [1.807, 2.05) is 0 Å². The highest BCUT2D eigenvalue weighted by Gasteiger charge is 2.22. The van der Waals surface area contributed by atoms with Crippen molar-refractivity contribution in [2.24, 2.45) is 5.73 Å². The molecule has 0 spiro atoms. The summed E-state index contributed by atoms with van der Waals surface area (Å²) in [6.07, 6.45) is 2.28. The van der Waals surface area contributed by atoms with Crippen LogP contribution < -0.4 is 10.5 Å². The number of nitrogens with two attached hydrogens (primary N) is 1. The molecule has 0 unspecified atom stereocenters. The van der Waals surface area contributed by atoms with Crippen molar-refractivity contribution in [1.29, 1.82) is 0 Å². The summed E-state index contributed by atoms with van der Waals surface area (Å²) in [5.41, 5.74) is 5.20. The Morgan fingerprint density at radius 1 is 1.38 bits per heavy atom. The van der Waals surface area contributed by atoms with Crippen LogP contribution >= 0.6 is 12.2 Å². The first-order valence-electron chi connectivity index (χ1n) is 6.72. The third-order valence-electron chi connectivity index (χ3n) is 3.43. The Balaban J connectivity index is 2.12. The molecule has 1 aromatic carbocycles. The van der Waals surface area contributed by atoms with Crippen LogP contribution in [-0.2, 0) is 10.0 Å². The van der Waals surface area contributed by atoms with Crippen molar-refractivity contribution in [3.8, 4) is 0 Å². The van der Waals surface area contributed by atoms with Crippen LogP contribution in [0.4, 0.5) is 4.39 Å². The number of halogens is 1. The Bertz CT molecular complexity index is 628. The molecular weight excluding hydrogens is 313 g/mol. The van der Waals surface area contributed by atoms with Gasteiger partial charge in [-0.2, -0.15) is 0 Å². The minimum absolute atomic E-state index is 0.212. The van der Waals surface area contributed by atoms with Crippen molar-refractivity contribution in [2.75, 3.05) is 26.2 Å². The molecule has 0 aliphatic carbocycles. The first-order valence-corrected chi connectivity index (χ1v) is 8.61. The number of hydrogen-bond acceptors (Lipinski definition) is 4. The van der Waals surface area contributed by atoms with Crippen LogP contribution in [0.25, 0.3) is 0 Å². The van der Waals surface area contributed by atoms with Crippen molar-refractivity contribution in [3.05, 3.63) is 29.6 Å². The molecule has 1 heterocycles. The second-order valence-electron chi connectivity index (χ2n) is 4.92. The summed E-state index contributed by atoms with van der Waals surface area (Å²) in [7, 11) is -3.83. The maximum absolute atomic E-state index is 13.7. The summed E-state index contributed by atoms with van der Waals surface area (Å²) < 4.78 is 40.7. The van der Waals surface area contributed by atoms with Crippen LogP contribution in [0, 0.1) is 5.82 Å². The summed E-state index contributed by atoms with van der Waals surface area (Å²) >= 11 is 4.74. The molecule has 2 rings (SSSR count). The molecule has 1 aromatic rings. The van der Waals surface area contributed by atoms with Crippen molar-refractivity contribution in [1.82, 2.24) is 9.62 Å². The summed E-state index contributed by atoms with van der Waals surface area (Å²) in [5.74, 6) is -0.732. The molecule has 0 bridgehead atoms. The SMILES string of the molecule is NC(=S)c1c(F)cccc1S(=O)(=O)NCCN1CCCC1. The van der Waals surface area contributed by atoms with Crippen molar-refractivity contribution >= 4 is 27.2 Å². The summed E-state index contributed by atoms with van der Waals surface area (Å²) in [6.45, 7) is 2.88. The summed E-state index contributed by atoms with van der Waals surface area (Å²) in [4.78, 5) is 1.70. The van der Waals surface area contributed by atoms with Crippen LogP contribution in [-0.4, -0.2) is 44.5 Å². The van der Waals surface area contributed by atoms with Gasteiger partial charge in [0.2, 0.25) is 10.0 Å². The molecule has 21 heavy (non-hydrogen) atoms. The first-order chi connectivity index (χ1) is 9.92. The third kappa shape index (κ3) is 3.97. The average molecular weight is 331 g/mol. The van der Waals surface area contributed by atoms with E-state index >= 15 is 0 Å². The van der Waals surface area contributed by atoms with Crippen LogP contribution in [0.1, 0.15) is 18.4 Å². The van der Waals surface area contributed by atoms with Gasteiger partial charge in [-0.05, 0) is 38.1 Å². The standard InChI is InChI=1S/C13H18FN3O2S2/c14-10-4-3-5-11(12(10)13(15)20)21(18,19)16-6-9-17-7-1-2-8-17/h3-5,16H,1-2,6-9H2,(H2,15,20). The fraction of sp³-hybridized carbons (Fsp3) is 0.462. The molecule has 116 valence electrons. The van der Waals surface area contributed by atoms with Gasteiger partial charge in [0.25, 0.3) is 0 Å². The monoisotopic (exact) mass is 331 g/mol. The van der Waals surface area contributed by atoms with Gasteiger partial charge in [-0.15, -0.1) is 0 Å². The Labute approximate surface area is 129 Å².